The number of hydrogen-bond acceptors (Lipinski definition) is 4. The minimum atomic E-state index is -0.448. The molecule has 0 aliphatic heterocycles. The van der Waals surface area contributed by atoms with Crippen molar-refractivity contribution in [2.24, 2.45) is 5.73 Å². The summed E-state index contributed by atoms with van der Waals surface area (Å²) in [5, 5.41) is 5.81. The first-order valence-corrected chi connectivity index (χ1v) is 10.5. The second kappa shape index (κ2) is 17.3. The van der Waals surface area contributed by atoms with E-state index in [0.717, 1.165) is 39.0 Å². The van der Waals surface area contributed by atoms with Crippen LogP contribution in [0.1, 0.15) is 78.6 Å². The molecule has 6 nitrogen and oxygen atoms in total. The molecule has 0 saturated carbocycles. The first kappa shape index (κ1) is 24.9. The first-order chi connectivity index (χ1) is 12.5. The van der Waals surface area contributed by atoms with Gasteiger partial charge in [-0.05, 0) is 45.8 Å². The Balaban J connectivity index is 4.01. The van der Waals surface area contributed by atoms with Crippen molar-refractivity contribution in [1.82, 2.24) is 15.5 Å². The Kier molecular flexibility index (Phi) is 16.5. The van der Waals surface area contributed by atoms with Gasteiger partial charge in [-0.15, -0.1) is 0 Å². The Labute approximate surface area is 160 Å². The fourth-order valence-electron chi connectivity index (χ4n) is 2.78. The van der Waals surface area contributed by atoms with Gasteiger partial charge in [0.25, 0.3) is 0 Å². The fraction of sp³-hybridized carbons (Fsp3) is 0.900. The summed E-state index contributed by atoms with van der Waals surface area (Å²) < 4.78 is 0. The molecule has 0 heterocycles. The van der Waals surface area contributed by atoms with Crippen molar-refractivity contribution in [2.75, 3.05) is 32.7 Å². The molecule has 0 rings (SSSR count). The topological polar surface area (TPSA) is 87.5 Å². The average Bonchev–Trinajstić information content (AvgIpc) is 2.63. The van der Waals surface area contributed by atoms with Crippen LogP contribution in [-0.2, 0) is 9.59 Å². The number of amides is 2. The van der Waals surface area contributed by atoms with Gasteiger partial charge in [-0.2, -0.15) is 0 Å². The molecule has 0 saturated heterocycles. The monoisotopic (exact) mass is 370 g/mol. The Morgan fingerprint density at radius 3 is 1.96 bits per heavy atom. The van der Waals surface area contributed by atoms with E-state index < -0.39 is 6.04 Å². The highest BCUT2D eigenvalue weighted by Gasteiger charge is 2.08. The Hall–Kier alpha value is -1.14. The molecule has 154 valence electrons. The third kappa shape index (κ3) is 15.1. The lowest BCUT2D eigenvalue weighted by atomic mass is 10.1. The SMILES string of the molecule is CCCCCCCCN(CCCNC(=O)CC)CCCNC(=O)[C@H](C)N. The number of carbonyl (C=O) groups excluding carboxylic acids is 2. The van der Waals surface area contributed by atoms with Crippen molar-refractivity contribution in [1.29, 1.82) is 0 Å². The second-order valence-electron chi connectivity index (χ2n) is 7.10. The number of nitrogens with two attached hydrogens (primary N) is 1. The predicted octanol–water partition coefficient (Wildman–Crippen LogP) is 2.42. The molecular weight excluding hydrogens is 328 g/mol. The number of rotatable bonds is 17. The second-order valence-corrected chi connectivity index (χ2v) is 7.10. The third-order valence-electron chi connectivity index (χ3n) is 4.49. The molecule has 0 aromatic heterocycles. The van der Waals surface area contributed by atoms with Crippen LogP contribution >= 0.6 is 0 Å². The maximum atomic E-state index is 11.5. The molecule has 1 atom stereocenters. The lowest BCUT2D eigenvalue weighted by Crippen LogP contribution is -2.39. The zero-order valence-corrected chi connectivity index (χ0v) is 17.3. The van der Waals surface area contributed by atoms with Crippen LogP contribution in [0, 0.1) is 0 Å². The molecule has 2 amide bonds. The minimum Gasteiger partial charge on any atom is -0.356 e. The molecule has 6 heteroatoms. The molecular formula is C20H42N4O2. The van der Waals surface area contributed by atoms with Crippen LogP contribution in [0.4, 0.5) is 0 Å². The molecule has 0 aliphatic rings. The summed E-state index contributed by atoms with van der Waals surface area (Å²) in [4.78, 5) is 25.3. The predicted molar refractivity (Wildman–Crippen MR) is 109 cm³/mol. The van der Waals surface area contributed by atoms with Crippen molar-refractivity contribution in [3.05, 3.63) is 0 Å². The van der Waals surface area contributed by atoms with Gasteiger partial charge in [0.2, 0.25) is 11.8 Å². The van der Waals surface area contributed by atoms with Crippen LogP contribution in [0.5, 0.6) is 0 Å². The van der Waals surface area contributed by atoms with E-state index >= 15 is 0 Å². The molecule has 0 unspecified atom stereocenters. The average molecular weight is 371 g/mol. The van der Waals surface area contributed by atoms with E-state index in [1.54, 1.807) is 6.92 Å². The summed E-state index contributed by atoms with van der Waals surface area (Å²) in [6.45, 7) is 10.3. The summed E-state index contributed by atoms with van der Waals surface area (Å²) in [5.74, 6) is 0.0286. The Morgan fingerprint density at radius 1 is 0.846 bits per heavy atom. The van der Waals surface area contributed by atoms with Crippen LogP contribution in [0.25, 0.3) is 0 Å². The van der Waals surface area contributed by atoms with Crippen molar-refractivity contribution in [2.45, 2.75) is 84.6 Å². The van der Waals surface area contributed by atoms with Gasteiger partial charge in [0.05, 0.1) is 6.04 Å². The lowest BCUT2D eigenvalue weighted by molar-refractivity contribution is -0.122. The molecule has 0 bridgehead atoms. The number of unbranched alkanes of at least 4 members (excludes halogenated alkanes) is 5. The molecule has 0 fully saturated rings. The van der Waals surface area contributed by atoms with E-state index in [0.29, 0.717) is 13.0 Å². The van der Waals surface area contributed by atoms with Crippen LogP contribution in [-0.4, -0.2) is 55.5 Å². The van der Waals surface area contributed by atoms with Gasteiger partial charge in [-0.25, -0.2) is 0 Å². The maximum Gasteiger partial charge on any atom is 0.236 e. The van der Waals surface area contributed by atoms with Crippen LogP contribution in [0.15, 0.2) is 0 Å². The van der Waals surface area contributed by atoms with Gasteiger partial charge in [0.1, 0.15) is 0 Å². The van der Waals surface area contributed by atoms with Gasteiger partial charge in [-0.1, -0.05) is 46.0 Å². The van der Waals surface area contributed by atoms with E-state index in [-0.39, 0.29) is 11.8 Å². The zero-order valence-electron chi connectivity index (χ0n) is 17.3. The van der Waals surface area contributed by atoms with Crippen LogP contribution < -0.4 is 16.4 Å². The molecule has 0 aromatic rings. The lowest BCUT2D eigenvalue weighted by Gasteiger charge is -2.22. The Bertz CT molecular complexity index is 362. The largest absolute Gasteiger partial charge is 0.356 e. The molecule has 0 aliphatic carbocycles. The highest BCUT2D eigenvalue weighted by molar-refractivity contribution is 5.80. The van der Waals surface area contributed by atoms with Gasteiger partial charge in [-0.3, -0.25) is 9.59 Å². The van der Waals surface area contributed by atoms with Crippen LogP contribution in [0.3, 0.4) is 0 Å². The molecule has 0 spiro atoms. The summed E-state index contributed by atoms with van der Waals surface area (Å²) >= 11 is 0. The summed E-state index contributed by atoms with van der Waals surface area (Å²) in [6.07, 6.45) is 10.2. The molecule has 0 radical (unpaired) electrons. The minimum absolute atomic E-state index is 0.0882. The maximum absolute atomic E-state index is 11.5. The van der Waals surface area contributed by atoms with Gasteiger partial charge in [0, 0.05) is 19.5 Å². The number of nitrogens with one attached hydrogen (secondary N) is 2. The van der Waals surface area contributed by atoms with E-state index in [4.69, 9.17) is 5.73 Å². The van der Waals surface area contributed by atoms with E-state index in [9.17, 15) is 9.59 Å². The van der Waals surface area contributed by atoms with Crippen molar-refractivity contribution >= 4 is 11.8 Å². The third-order valence-corrected chi connectivity index (χ3v) is 4.49. The van der Waals surface area contributed by atoms with Crippen molar-refractivity contribution in [3.63, 3.8) is 0 Å². The van der Waals surface area contributed by atoms with E-state index in [2.05, 4.69) is 22.5 Å². The van der Waals surface area contributed by atoms with E-state index in [1.165, 1.54) is 38.5 Å². The quantitative estimate of drug-likeness (QED) is 0.343. The summed E-state index contributed by atoms with van der Waals surface area (Å²) in [6, 6.07) is -0.448. The summed E-state index contributed by atoms with van der Waals surface area (Å²) in [7, 11) is 0. The first-order valence-electron chi connectivity index (χ1n) is 10.5. The molecule has 4 N–H and O–H groups in total. The van der Waals surface area contributed by atoms with Gasteiger partial charge >= 0.3 is 0 Å². The highest BCUT2D eigenvalue weighted by atomic mass is 16.2. The Morgan fingerprint density at radius 2 is 1.38 bits per heavy atom. The zero-order chi connectivity index (χ0) is 19.6. The number of hydrogen-bond donors (Lipinski definition) is 3. The highest BCUT2D eigenvalue weighted by Crippen LogP contribution is 2.06. The molecule has 26 heavy (non-hydrogen) atoms. The number of nitrogens with zero attached hydrogens (tertiary/aromatic N) is 1. The van der Waals surface area contributed by atoms with Crippen LogP contribution in [0.2, 0.25) is 0 Å². The normalized spacial score (nSPS) is 12.2. The smallest absolute Gasteiger partial charge is 0.236 e. The number of carbonyl (C=O) groups is 2. The van der Waals surface area contributed by atoms with Gasteiger partial charge < -0.3 is 21.3 Å². The summed E-state index contributed by atoms with van der Waals surface area (Å²) in [5.41, 5.74) is 5.55. The van der Waals surface area contributed by atoms with Crippen molar-refractivity contribution in [3.8, 4) is 0 Å². The fourth-order valence-corrected chi connectivity index (χ4v) is 2.78. The van der Waals surface area contributed by atoms with E-state index in [1.807, 2.05) is 6.92 Å². The molecule has 0 aromatic carbocycles. The standard InChI is InChI=1S/C20H42N4O2/c1-4-6-7-8-9-10-15-24(16-11-13-22-19(25)5-2)17-12-14-23-20(26)18(3)21/h18H,4-17,21H2,1-3H3,(H,22,25)(H,23,26)/t18-/m0/s1. The van der Waals surface area contributed by atoms with Crippen molar-refractivity contribution < 1.29 is 9.59 Å². The van der Waals surface area contributed by atoms with Gasteiger partial charge in [0.15, 0.2) is 0 Å².